The van der Waals surface area contributed by atoms with Crippen LogP contribution in [0.25, 0.3) is 16.9 Å². The molecule has 5 heterocycles. The fourth-order valence-corrected chi connectivity index (χ4v) is 6.08. The van der Waals surface area contributed by atoms with Gasteiger partial charge in [0.05, 0.1) is 6.61 Å². The van der Waals surface area contributed by atoms with Gasteiger partial charge in [0.15, 0.2) is 22.5 Å². The van der Waals surface area contributed by atoms with Crippen molar-refractivity contribution in [3.05, 3.63) is 58.6 Å². The Hall–Kier alpha value is -2.47. The van der Waals surface area contributed by atoms with Crippen molar-refractivity contribution in [3.63, 3.8) is 0 Å². The van der Waals surface area contributed by atoms with Gasteiger partial charge < -0.3 is 23.9 Å². The van der Waals surface area contributed by atoms with Crippen LogP contribution in [0.1, 0.15) is 11.8 Å². The highest BCUT2D eigenvalue weighted by Crippen LogP contribution is 2.44. The number of aromatic nitrogens is 5. The molecule has 2 aliphatic heterocycles. The number of fused-ring (bicyclic) bond motifs is 3. The Kier molecular flexibility index (Phi) is 5.36. The molecule has 0 aliphatic carbocycles. The van der Waals surface area contributed by atoms with Crippen LogP contribution in [0.15, 0.2) is 52.7 Å². The van der Waals surface area contributed by atoms with E-state index in [0.29, 0.717) is 22.3 Å². The third-order valence-corrected chi connectivity index (χ3v) is 7.60. The van der Waals surface area contributed by atoms with Crippen molar-refractivity contribution in [2.75, 3.05) is 12.4 Å². The molecule has 2 saturated heterocycles. The predicted molar refractivity (Wildman–Crippen MR) is 120 cm³/mol. The van der Waals surface area contributed by atoms with E-state index in [-0.39, 0.29) is 17.7 Å². The van der Waals surface area contributed by atoms with E-state index in [0.717, 1.165) is 6.42 Å². The predicted octanol–water partition coefficient (Wildman–Crippen LogP) is 1.77. The molecule has 2 aliphatic rings. The minimum Gasteiger partial charge on any atom is -0.386 e. The minimum absolute atomic E-state index is 0.0517. The van der Waals surface area contributed by atoms with Gasteiger partial charge in [-0.1, -0.05) is 42.1 Å². The Balaban J connectivity index is 1.41. The molecule has 6 rings (SSSR count). The number of nitrogens with one attached hydrogen (secondary N) is 1. The van der Waals surface area contributed by atoms with Crippen LogP contribution in [-0.4, -0.2) is 59.7 Å². The zero-order valence-corrected chi connectivity index (χ0v) is 19.0. The molecule has 2 unspecified atom stereocenters. The standard InChI is InChI=1S/C20H20N5O6PS/c26-14-15-12(10-29-32(28)31-15)30-18(14)25-16-13(17(27)24-8-7-21-19(24)23-16)22-20(25)33-9-6-11-4-2-1-3-5-11/h1-5,7-8,12,14-15,18,26,32H,6,9-10H2,(H,21,23)/t12?,14-,15+,18+/m0/s1. The molecule has 0 amide bonds. The molecule has 11 nitrogen and oxygen atoms in total. The molecule has 5 atom stereocenters. The average Bonchev–Trinajstić information content (AvgIpc) is 3.51. The number of rotatable bonds is 5. The topological polar surface area (TPSA) is 133 Å². The first-order chi connectivity index (χ1) is 16.1. The second kappa shape index (κ2) is 8.39. The Bertz CT molecular complexity index is 1400. The maximum absolute atomic E-state index is 13.0. The van der Waals surface area contributed by atoms with E-state index in [1.54, 1.807) is 17.0 Å². The zero-order chi connectivity index (χ0) is 22.5. The van der Waals surface area contributed by atoms with E-state index in [4.69, 9.17) is 13.8 Å². The summed E-state index contributed by atoms with van der Waals surface area (Å²) in [4.78, 5) is 25.1. The van der Waals surface area contributed by atoms with Crippen LogP contribution in [0, 0.1) is 0 Å². The number of nitrogens with zero attached hydrogens (tertiary/aromatic N) is 4. The van der Waals surface area contributed by atoms with Gasteiger partial charge in [0.1, 0.15) is 18.3 Å². The highest BCUT2D eigenvalue weighted by molar-refractivity contribution is 7.99. The van der Waals surface area contributed by atoms with Crippen LogP contribution in [0.5, 0.6) is 0 Å². The number of aliphatic hydroxyl groups is 1. The quantitative estimate of drug-likeness (QED) is 0.318. The average molecular weight is 489 g/mol. The molecule has 13 heteroatoms. The van der Waals surface area contributed by atoms with Crippen molar-refractivity contribution in [2.45, 2.75) is 36.1 Å². The molecule has 2 fully saturated rings. The summed E-state index contributed by atoms with van der Waals surface area (Å²) in [5.74, 6) is 1.04. The van der Waals surface area contributed by atoms with Gasteiger partial charge in [0.2, 0.25) is 5.78 Å². The van der Waals surface area contributed by atoms with Crippen LogP contribution in [-0.2, 0) is 24.8 Å². The Labute approximate surface area is 191 Å². The van der Waals surface area contributed by atoms with E-state index < -0.39 is 32.8 Å². The maximum Gasteiger partial charge on any atom is 0.319 e. The number of aliphatic hydroxyl groups excluding tert-OH is 1. The molecular formula is C20H20N5O6PS. The van der Waals surface area contributed by atoms with Crippen molar-refractivity contribution >= 4 is 37.0 Å². The molecule has 2 N–H and O–H groups in total. The number of hydrogen-bond donors (Lipinski definition) is 2. The second-order valence-corrected chi connectivity index (χ2v) is 9.88. The van der Waals surface area contributed by atoms with Crippen LogP contribution in [0.4, 0.5) is 0 Å². The Morgan fingerprint density at radius 2 is 2.12 bits per heavy atom. The molecule has 0 spiro atoms. The first-order valence-corrected chi connectivity index (χ1v) is 12.6. The molecule has 33 heavy (non-hydrogen) atoms. The van der Waals surface area contributed by atoms with Gasteiger partial charge in [-0.05, 0) is 12.0 Å². The molecule has 0 radical (unpaired) electrons. The first-order valence-electron chi connectivity index (χ1n) is 10.4. The number of imidazole rings is 2. The summed E-state index contributed by atoms with van der Waals surface area (Å²) in [7, 11) is -2.69. The third kappa shape index (κ3) is 3.63. The van der Waals surface area contributed by atoms with E-state index in [1.165, 1.54) is 21.7 Å². The smallest absolute Gasteiger partial charge is 0.319 e. The van der Waals surface area contributed by atoms with Crippen LogP contribution >= 0.6 is 20.0 Å². The lowest BCUT2D eigenvalue weighted by molar-refractivity contribution is -0.0583. The first kappa shape index (κ1) is 21.1. The number of aromatic amines is 1. The van der Waals surface area contributed by atoms with Crippen molar-refractivity contribution in [1.82, 2.24) is 23.9 Å². The minimum atomic E-state index is -2.69. The van der Waals surface area contributed by atoms with E-state index in [2.05, 4.69) is 15.0 Å². The molecule has 4 aromatic rings. The molecule has 3 aromatic heterocycles. The lowest BCUT2D eigenvalue weighted by Gasteiger charge is -2.24. The molecule has 0 bridgehead atoms. The van der Waals surface area contributed by atoms with Crippen LogP contribution in [0.2, 0.25) is 0 Å². The number of ether oxygens (including phenoxy) is 1. The normalized spacial score (nSPS) is 27.4. The summed E-state index contributed by atoms with van der Waals surface area (Å²) in [6.07, 6.45) is 0.533. The number of benzene rings is 1. The summed E-state index contributed by atoms with van der Waals surface area (Å²) in [5, 5.41) is 11.5. The maximum atomic E-state index is 13.0. The molecule has 1 aromatic carbocycles. The number of thioether (sulfide) groups is 1. The van der Waals surface area contributed by atoms with Crippen molar-refractivity contribution in [1.29, 1.82) is 0 Å². The largest absolute Gasteiger partial charge is 0.386 e. The summed E-state index contributed by atoms with van der Waals surface area (Å²) in [6.45, 7) is 0.0517. The monoisotopic (exact) mass is 489 g/mol. The number of hydrogen-bond acceptors (Lipinski definition) is 9. The summed E-state index contributed by atoms with van der Waals surface area (Å²) >= 11 is 1.44. The zero-order valence-electron chi connectivity index (χ0n) is 17.2. The highest BCUT2D eigenvalue weighted by Gasteiger charge is 2.50. The van der Waals surface area contributed by atoms with E-state index in [1.807, 2.05) is 30.3 Å². The molecule has 0 saturated carbocycles. The Morgan fingerprint density at radius 3 is 2.97 bits per heavy atom. The summed E-state index contributed by atoms with van der Waals surface area (Å²) in [5.41, 5.74) is 1.32. The number of H-pyrrole nitrogens is 1. The van der Waals surface area contributed by atoms with Gasteiger partial charge >= 0.3 is 8.25 Å². The van der Waals surface area contributed by atoms with Crippen molar-refractivity contribution in [3.8, 4) is 0 Å². The van der Waals surface area contributed by atoms with Gasteiger partial charge in [-0.3, -0.25) is 18.3 Å². The number of aryl methyl sites for hydroxylation is 1. The summed E-state index contributed by atoms with van der Waals surface area (Å²) in [6, 6.07) is 10.0. The van der Waals surface area contributed by atoms with Crippen molar-refractivity contribution < 1.29 is 23.5 Å². The lowest BCUT2D eigenvalue weighted by Crippen LogP contribution is -2.37. The SMILES string of the molecule is O=c1c2nc(SCCc3ccccc3)n([C@@H]3OC4CO[PH](=O)O[C@H]4[C@@H]3O)c2nc2[nH]ccn12. The van der Waals surface area contributed by atoms with Gasteiger partial charge in [-0.15, -0.1) is 0 Å². The summed E-state index contributed by atoms with van der Waals surface area (Å²) < 4.78 is 31.2. The highest BCUT2D eigenvalue weighted by atomic mass is 32.2. The van der Waals surface area contributed by atoms with Gasteiger partial charge in [-0.2, -0.15) is 4.98 Å². The van der Waals surface area contributed by atoms with Crippen molar-refractivity contribution in [2.24, 2.45) is 0 Å². The van der Waals surface area contributed by atoms with Crippen LogP contribution < -0.4 is 5.56 Å². The second-order valence-electron chi connectivity index (χ2n) is 7.79. The Morgan fingerprint density at radius 1 is 1.27 bits per heavy atom. The van der Waals surface area contributed by atoms with Gasteiger partial charge in [0, 0.05) is 18.1 Å². The fraction of sp³-hybridized carbons (Fsp3) is 0.350. The molecular weight excluding hydrogens is 469 g/mol. The van der Waals surface area contributed by atoms with E-state index >= 15 is 0 Å². The van der Waals surface area contributed by atoms with Gasteiger partial charge in [-0.25, -0.2) is 4.98 Å². The van der Waals surface area contributed by atoms with E-state index in [9.17, 15) is 14.5 Å². The van der Waals surface area contributed by atoms with Crippen LogP contribution in [0.3, 0.4) is 0 Å². The van der Waals surface area contributed by atoms with Gasteiger partial charge in [0.25, 0.3) is 5.56 Å². The lowest BCUT2D eigenvalue weighted by atomic mass is 10.1. The third-order valence-electron chi connectivity index (χ3n) is 5.78. The molecule has 172 valence electrons. The fourth-order valence-electron chi connectivity index (χ4n) is 4.19.